The molecule has 1 N–H and O–H groups in total. The van der Waals surface area contributed by atoms with Gasteiger partial charge in [-0.15, -0.1) is 0 Å². The minimum Gasteiger partial charge on any atom is -0.379 e. The Morgan fingerprint density at radius 3 is 2.28 bits per heavy atom. The van der Waals surface area contributed by atoms with Crippen molar-refractivity contribution >= 4 is 66.3 Å². The van der Waals surface area contributed by atoms with Crippen LogP contribution in [-0.2, 0) is 14.9 Å². The van der Waals surface area contributed by atoms with Crippen molar-refractivity contribution in [1.82, 2.24) is 5.32 Å². The van der Waals surface area contributed by atoms with Gasteiger partial charge < -0.3 is 9.50 Å². The van der Waals surface area contributed by atoms with E-state index in [1.165, 1.54) is 36.0 Å². The zero-order valence-electron chi connectivity index (χ0n) is 12.4. The van der Waals surface area contributed by atoms with Crippen molar-refractivity contribution in [2.75, 3.05) is 0 Å². The quantitative estimate of drug-likeness (QED) is 0.430. The smallest absolute Gasteiger partial charge is 0.339 e. The van der Waals surface area contributed by atoms with Crippen LogP contribution in [0, 0.1) is 0 Å². The van der Waals surface area contributed by atoms with Crippen LogP contribution in [0.15, 0.2) is 62.8 Å². The number of nitrogens with one attached hydrogen (secondary N) is 1. The Bertz CT molecular complexity index is 967. The van der Waals surface area contributed by atoms with E-state index in [0.717, 1.165) is 10.0 Å². The second kappa shape index (κ2) is 7.28. The molecule has 1 fully saturated rings. The summed E-state index contributed by atoms with van der Waals surface area (Å²) < 4.78 is 30.8. The Balaban J connectivity index is 1.77. The van der Waals surface area contributed by atoms with Gasteiger partial charge in [0.05, 0.1) is 4.91 Å². The molecule has 3 rings (SSSR count). The molecular weight excluding hydrogens is 446 g/mol. The third-order valence-corrected chi connectivity index (χ3v) is 6.08. The van der Waals surface area contributed by atoms with Crippen LogP contribution in [0.2, 0.25) is 0 Å². The third kappa shape index (κ3) is 4.49. The van der Waals surface area contributed by atoms with Gasteiger partial charge in [0.25, 0.3) is 5.91 Å². The fourth-order valence-corrected chi connectivity index (χ4v) is 4.21. The first-order valence-electron chi connectivity index (χ1n) is 6.88. The second-order valence-electron chi connectivity index (χ2n) is 4.91. The van der Waals surface area contributed by atoms with Crippen molar-refractivity contribution in [3.8, 4) is 5.75 Å². The predicted molar refractivity (Wildman–Crippen MR) is 105 cm³/mol. The molecule has 1 heterocycles. The molecule has 0 unspecified atom stereocenters. The number of hydrogen-bond donors (Lipinski definition) is 1. The van der Waals surface area contributed by atoms with Gasteiger partial charge >= 0.3 is 10.1 Å². The summed E-state index contributed by atoms with van der Waals surface area (Å²) >= 11 is 9.36. The SMILES string of the molecule is O=C1NC(=S)S/C1=C/c1ccc(OS(=O)(=O)c2ccc(Br)cc2)cc1. The molecule has 0 atom stereocenters. The van der Waals surface area contributed by atoms with E-state index in [1.807, 2.05) is 0 Å². The molecule has 0 radical (unpaired) electrons. The molecule has 1 aliphatic rings. The lowest BCUT2D eigenvalue weighted by Crippen LogP contribution is -2.17. The van der Waals surface area contributed by atoms with E-state index in [2.05, 4.69) is 21.2 Å². The van der Waals surface area contributed by atoms with Gasteiger partial charge in [0.1, 0.15) is 15.0 Å². The maximum absolute atomic E-state index is 12.2. The van der Waals surface area contributed by atoms with E-state index in [-0.39, 0.29) is 16.6 Å². The highest BCUT2D eigenvalue weighted by Gasteiger charge is 2.22. The number of thiocarbonyl (C=S) groups is 1. The molecular formula is C16H10BrNO4S3. The first kappa shape index (κ1) is 18.1. The second-order valence-corrected chi connectivity index (χ2v) is 9.09. The van der Waals surface area contributed by atoms with Crippen LogP contribution in [0.1, 0.15) is 5.56 Å². The van der Waals surface area contributed by atoms with Gasteiger partial charge in [-0.3, -0.25) is 4.79 Å². The molecule has 1 aliphatic heterocycles. The fraction of sp³-hybridized carbons (Fsp3) is 0. The highest BCUT2D eigenvalue weighted by Crippen LogP contribution is 2.27. The number of rotatable bonds is 4. The third-order valence-electron chi connectivity index (χ3n) is 3.13. The van der Waals surface area contributed by atoms with Crippen molar-refractivity contribution in [3.63, 3.8) is 0 Å². The van der Waals surface area contributed by atoms with E-state index < -0.39 is 10.1 Å². The average molecular weight is 456 g/mol. The van der Waals surface area contributed by atoms with E-state index >= 15 is 0 Å². The highest BCUT2D eigenvalue weighted by molar-refractivity contribution is 9.10. The van der Waals surface area contributed by atoms with Gasteiger partial charge in [-0.2, -0.15) is 8.42 Å². The Kier molecular flexibility index (Phi) is 5.28. The summed E-state index contributed by atoms with van der Waals surface area (Å²) in [6.45, 7) is 0. The van der Waals surface area contributed by atoms with Crippen LogP contribution < -0.4 is 9.50 Å². The van der Waals surface area contributed by atoms with Crippen LogP contribution in [-0.4, -0.2) is 18.6 Å². The lowest BCUT2D eigenvalue weighted by Gasteiger charge is -2.07. The minimum absolute atomic E-state index is 0.0643. The van der Waals surface area contributed by atoms with E-state index in [1.54, 1.807) is 30.3 Å². The Morgan fingerprint density at radius 2 is 1.72 bits per heavy atom. The zero-order valence-corrected chi connectivity index (χ0v) is 16.5. The number of amides is 1. The number of carbonyl (C=O) groups excluding carboxylic acids is 1. The maximum Gasteiger partial charge on any atom is 0.339 e. The van der Waals surface area contributed by atoms with Crippen molar-refractivity contribution in [2.24, 2.45) is 0 Å². The monoisotopic (exact) mass is 455 g/mol. The van der Waals surface area contributed by atoms with E-state index in [9.17, 15) is 13.2 Å². The van der Waals surface area contributed by atoms with Gasteiger partial charge in [0.15, 0.2) is 0 Å². The van der Waals surface area contributed by atoms with Crippen molar-refractivity contribution in [2.45, 2.75) is 4.90 Å². The van der Waals surface area contributed by atoms with Crippen LogP contribution >= 0.6 is 39.9 Å². The topological polar surface area (TPSA) is 72.5 Å². The summed E-state index contributed by atoms with van der Waals surface area (Å²) in [4.78, 5) is 12.2. The first-order valence-corrected chi connectivity index (χ1v) is 10.3. The van der Waals surface area contributed by atoms with Crippen LogP contribution in [0.25, 0.3) is 6.08 Å². The summed E-state index contributed by atoms with van der Waals surface area (Å²) in [5, 5.41) is 2.53. The molecule has 25 heavy (non-hydrogen) atoms. The van der Waals surface area contributed by atoms with Crippen molar-refractivity contribution in [3.05, 3.63) is 63.5 Å². The van der Waals surface area contributed by atoms with Crippen molar-refractivity contribution in [1.29, 1.82) is 0 Å². The van der Waals surface area contributed by atoms with Crippen LogP contribution in [0.5, 0.6) is 5.75 Å². The molecule has 128 valence electrons. The van der Waals surface area contributed by atoms with Gasteiger partial charge in [-0.25, -0.2) is 0 Å². The number of hydrogen-bond acceptors (Lipinski definition) is 6. The molecule has 2 aromatic carbocycles. The lowest BCUT2D eigenvalue weighted by atomic mass is 10.2. The number of thioether (sulfide) groups is 1. The summed E-state index contributed by atoms with van der Waals surface area (Å²) in [7, 11) is -3.90. The molecule has 0 spiro atoms. The molecule has 5 nitrogen and oxygen atoms in total. The van der Waals surface area contributed by atoms with Crippen molar-refractivity contribution < 1.29 is 17.4 Å². The van der Waals surface area contributed by atoms with Gasteiger partial charge in [0, 0.05) is 4.47 Å². The first-order chi connectivity index (χ1) is 11.8. The molecule has 0 saturated carbocycles. The van der Waals surface area contributed by atoms with Gasteiger partial charge in [-0.05, 0) is 48.0 Å². The van der Waals surface area contributed by atoms with Crippen LogP contribution in [0.4, 0.5) is 0 Å². The number of benzene rings is 2. The Morgan fingerprint density at radius 1 is 1.08 bits per heavy atom. The summed E-state index contributed by atoms with van der Waals surface area (Å²) in [5.74, 6) is -0.0581. The summed E-state index contributed by atoms with van der Waals surface area (Å²) in [6, 6.07) is 12.5. The molecule has 0 aliphatic carbocycles. The largest absolute Gasteiger partial charge is 0.379 e. The lowest BCUT2D eigenvalue weighted by molar-refractivity contribution is -0.115. The summed E-state index contributed by atoms with van der Waals surface area (Å²) in [6.07, 6.45) is 1.67. The molecule has 1 saturated heterocycles. The molecule has 9 heteroatoms. The minimum atomic E-state index is -3.90. The standard InChI is InChI=1S/C16H10BrNO4S3/c17-11-3-7-13(8-4-11)25(20,21)22-12-5-1-10(2-6-12)9-14-15(19)18-16(23)24-14/h1-9H,(H,18,19,23)/b14-9+. The molecule has 2 aromatic rings. The Labute approximate surface area is 162 Å². The highest BCUT2D eigenvalue weighted by atomic mass is 79.9. The molecule has 1 amide bonds. The van der Waals surface area contributed by atoms with Crippen LogP contribution in [0.3, 0.4) is 0 Å². The van der Waals surface area contributed by atoms with E-state index in [0.29, 0.717) is 9.23 Å². The molecule has 0 aromatic heterocycles. The normalized spacial score (nSPS) is 16.1. The number of carbonyl (C=O) groups is 1. The van der Waals surface area contributed by atoms with Gasteiger partial charge in [0.2, 0.25) is 0 Å². The number of halogens is 1. The summed E-state index contributed by atoms with van der Waals surface area (Å²) in [5.41, 5.74) is 0.732. The Hall–Kier alpha value is -1.68. The van der Waals surface area contributed by atoms with Gasteiger partial charge in [-0.1, -0.05) is 52.0 Å². The fourth-order valence-electron chi connectivity index (χ4n) is 1.97. The zero-order chi connectivity index (χ0) is 18.0. The average Bonchev–Trinajstić information content (AvgIpc) is 2.87. The maximum atomic E-state index is 12.2. The van der Waals surface area contributed by atoms with E-state index in [4.69, 9.17) is 16.4 Å². The predicted octanol–water partition coefficient (Wildman–Crippen LogP) is 3.71. The molecule has 0 bridgehead atoms.